The molecule has 0 aromatic carbocycles. The minimum Gasteiger partial charge on any atom is -0.337 e. The quantitative estimate of drug-likeness (QED) is 0.729. The Kier molecular flexibility index (Phi) is 3.76. The maximum absolute atomic E-state index is 12.7. The third-order valence-corrected chi connectivity index (χ3v) is 4.79. The molecule has 4 rings (SSSR count). The molecule has 4 heterocycles. The van der Waals surface area contributed by atoms with Crippen molar-refractivity contribution >= 4 is 11.6 Å². The Morgan fingerprint density at radius 1 is 1.17 bits per heavy atom. The molecule has 5 nitrogen and oxygen atoms in total. The highest BCUT2D eigenvalue weighted by molar-refractivity contribution is 5.93. The number of piperidine rings is 1. The zero-order valence-electron chi connectivity index (χ0n) is 13.7. The Balaban J connectivity index is 1.47. The van der Waals surface area contributed by atoms with Gasteiger partial charge in [0.1, 0.15) is 11.3 Å². The molecule has 0 N–H and O–H groups in total. The molecule has 0 aliphatic carbocycles. The second-order valence-corrected chi connectivity index (χ2v) is 6.44. The molecular formula is C19H20N4O. The molecule has 0 unspecified atom stereocenters. The summed E-state index contributed by atoms with van der Waals surface area (Å²) in [6, 6.07) is 8.16. The zero-order valence-corrected chi connectivity index (χ0v) is 13.7. The third-order valence-electron chi connectivity index (χ3n) is 4.79. The molecule has 0 saturated carbocycles. The predicted octanol–water partition coefficient (Wildman–Crippen LogP) is 3.06. The summed E-state index contributed by atoms with van der Waals surface area (Å²) in [4.78, 5) is 23.2. The highest BCUT2D eigenvalue weighted by Gasteiger charge is 2.25. The second-order valence-electron chi connectivity index (χ2n) is 6.44. The lowest BCUT2D eigenvalue weighted by Crippen LogP contribution is -2.38. The van der Waals surface area contributed by atoms with Gasteiger partial charge in [0, 0.05) is 37.9 Å². The minimum atomic E-state index is 0.0320. The standard InChI is InChI=1S/C19H20N4O/c1-14-4-9-23-13-17(21-18(23)12-14)19(24)22-10-5-16(6-11-22)15-2-7-20-8-3-15/h2-4,7-9,12-13,16H,5-6,10-11H2,1H3. The largest absolute Gasteiger partial charge is 0.337 e. The number of nitrogens with zero attached hydrogens (tertiary/aromatic N) is 4. The molecular weight excluding hydrogens is 300 g/mol. The van der Waals surface area contributed by atoms with E-state index in [1.165, 1.54) is 5.56 Å². The highest BCUT2D eigenvalue weighted by Crippen LogP contribution is 2.28. The molecule has 1 fully saturated rings. The van der Waals surface area contributed by atoms with E-state index in [0.717, 1.165) is 37.1 Å². The Hall–Kier alpha value is -2.69. The number of aryl methyl sites for hydroxylation is 1. The molecule has 0 spiro atoms. The van der Waals surface area contributed by atoms with Gasteiger partial charge in [0.15, 0.2) is 0 Å². The van der Waals surface area contributed by atoms with E-state index >= 15 is 0 Å². The van der Waals surface area contributed by atoms with Gasteiger partial charge in [-0.25, -0.2) is 4.98 Å². The van der Waals surface area contributed by atoms with Crippen LogP contribution in [0.1, 0.15) is 40.4 Å². The lowest BCUT2D eigenvalue weighted by atomic mass is 9.90. The van der Waals surface area contributed by atoms with Gasteiger partial charge in [0.25, 0.3) is 5.91 Å². The number of amides is 1. The van der Waals surface area contributed by atoms with E-state index < -0.39 is 0 Å². The molecule has 24 heavy (non-hydrogen) atoms. The van der Waals surface area contributed by atoms with Crippen LogP contribution in [0.15, 0.2) is 49.1 Å². The number of pyridine rings is 2. The molecule has 0 bridgehead atoms. The van der Waals surface area contributed by atoms with Crippen LogP contribution < -0.4 is 0 Å². The van der Waals surface area contributed by atoms with E-state index in [1.54, 1.807) is 0 Å². The van der Waals surface area contributed by atoms with Crippen LogP contribution in [0.25, 0.3) is 5.65 Å². The average molecular weight is 320 g/mol. The molecule has 5 heteroatoms. The van der Waals surface area contributed by atoms with Crippen LogP contribution in [0.5, 0.6) is 0 Å². The molecule has 0 atom stereocenters. The fourth-order valence-corrected chi connectivity index (χ4v) is 3.40. The third kappa shape index (κ3) is 2.77. The molecule has 122 valence electrons. The molecule has 1 aliphatic heterocycles. The summed E-state index contributed by atoms with van der Waals surface area (Å²) in [5.74, 6) is 0.547. The lowest BCUT2D eigenvalue weighted by Gasteiger charge is -2.31. The number of hydrogen-bond acceptors (Lipinski definition) is 3. The zero-order chi connectivity index (χ0) is 16.5. The van der Waals surface area contributed by atoms with Crippen LogP contribution in [0.3, 0.4) is 0 Å². The Bertz CT molecular complexity index is 863. The first-order chi connectivity index (χ1) is 11.7. The smallest absolute Gasteiger partial charge is 0.274 e. The van der Waals surface area contributed by atoms with Gasteiger partial charge in [-0.3, -0.25) is 9.78 Å². The van der Waals surface area contributed by atoms with Crippen LogP contribution >= 0.6 is 0 Å². The Morgan fingerprint density at radius 3 is 2.67 bits per heavy atom. The van der Waals surface area contributed by atoms with Crippen LogP contribution in [0.2, 0.25) is 0 Å². The summed E-state index contributed by atoms with van der Waals surface area (Å²) in [5, 5.41) is 0. The van der Waals surface area contributed by atoms with E-state index in [-0.39, 0.29) is 5.91 Å². The highest BCUT2D eigenvalue weighted by atomic mass is 16.2. The summed E-state index contributed by atoms with van der Waals surface area (Å²) >= 11 is 0. The molecule has 1 saturated heterocycles. The topological polar surface area (TPSA) is 50.5 Å². The van der Waals surface area contributed by atoms with Crippen LogP contribution in [0.4, 0.5) is 0 Å². The lowest BCUT2D eigenvalue weighted by molar-refractivity contribution is 0.0707. The fraction of sp³-hybridized carbons (Fsp3) is 0.316. The number of carbonyl (C=O) groups excluding carboxylic acids is 1. The number of hydrogen-bond donors (Lipinski definition) is 0. The minimum absolute atomic E-state index is 0.0320. The number of fused-ring (bicyclic) bond motifs is 1. The Labute approximate surface area is 141 Å². The van der Waals surface area contributed by atoms with Crippen molar-refractivity contribution in [2.24, 2.45) is 0 Å². The summed E-state index contributed by atoms with van der Waals surface area (Å²) in [5.41, 5.74) is 3.82. The van der Waals surface area contributed by atoms with Gasteiger partial charge in [-0.1, -0.05) is 0 Å². The predicted molar refractivity (Wildman–Crippen MR) is 92.0 cm³/mol. The SMILES string of the molecule is Cc1ccn2cc(C(=O)N3CCC(c4ccncc4)CC3)nc2c1. The van der Waals surface area contributed by atoms with Crippen molar-refractivity contribution in [3.8, 4) is 0 Å². The maximum atomic E-state index is 12.7. The first-order valence-corrected chi connectivity index (χ1v) is 8.35. The van der Waals surface area contributed by atoms with Crippen molar-refractivity contribution in [3.63, 3.8) is 0 Å². The average Bonchev–Trinajstić information content (AvgIpc) is 3.05. The maximum Gasteiger partial charge on any atom is 0.274 e. The number of likely N-dealkylation sites (tertiary alicyclic amines) is 1. The molecule has 1 aliphatic rings. The molecule has 3 aromatic heterocycles. The number of rotatable bonds is 2. The summed E-state index contributed by atoms with van der Waals surface area (Å²) in [6.45, 7) is 3.58. The molecule has 3 aromatic rings. The van der Waals surface area contributed by atoms with E-state index in [2.05, 4.69) is 22.1 Å². The first kappa shape index (κ1) is 14.9. The van der Waals surface area contributed by atoms with Crippen LogP contribution in [-0.4, -0.2) is 38.3 Å². The summed E-state index contributed by atoms with van der Waals surface area (Å²) in [7, 11) is 0. The number of aromatic nitrogens is 3. The molecule has 1 amide bonds. The van der Waals surface area contributed by atoms with Gasteiger partial charge in [-0.05, 0) is 61.1 Å². The van der Waals surface area contributed by atoms with Gasteiger partial charge in [0.2, 0.25) is 0 Å². The van der Waals surface area contributed by atoms with Gasteiger partial charge >= 0.3 is 0 Å². The molecule has 0 radical (unpaired) electrons. The van der Waals surface area contributed by atoms with E-state index in [4.69, 9.17) is 0 Å². The van der Waals surface area contributed by atoms with Crippen molar-refractivity contribution in [2.45, 2.75) is 25.7 Å². The van der Waals surface area contributed by atoms with E-state index in [1.807, 2.05) is 53.1 Å². The monoisotopic (exact) mass is 320 g/mol. The van der Waals surface area contributed by atoms with Crippen molar-refractivity contribution in [3.05, 3.63) is 65.9 Å². The van der Waals surface area contributed by atoms with Crippen molar-refractivity contribution in [1.29, 1.82) is 0 Å². The summed E-state index contributed by atoms with van der Waals surface area (Å²) in [6.07, 6.45) is 9.43. The van der Waals surface area contributed by atoms with E-state index in [9.17, 15) is 4.79 Å². The van der Waals surface area contributed by atoms with Crippen molar-refractivity contribution in [1.82, 2.24) is 19.3 Å². The van der Waals surface area contributed by atoms with Crippen molar-refractivity contribution in [2.75, 3.05) is 13.1 Å². The fourth-order valence-electron chi connectivity index (χ4n) is 3.40. The summed E-state index contributed by atoms with van der Waals surface area (Å²) < 4.78 is 1.91. The van der Waals surface area contributed by atoms with Gasteiger partial charge in [-0.2, -0.15) is 0 Å². The van der Waals surface area contributed by atoms with Gasteiger partial charge in [0.05, 0.1) is 0 Å². The Morgan fingerprint density at radius 2 is 1.92 bits per heavy atom. The number of imidazole rings is 1. The van der Waals surface area contributed by atoms with Gasteiger partial charge < -0.3 is 9.30 Å². The number of carbonyl (C=O) groups is 1. The van der Waals surface area contributed by atoms with Crippen LogP contribution in [-0.2, 0) is 0 Å². The van der Waals surface area contributed by atoms with Crippen LogP contribution in [0, 0.1) is 6.92 Å². The first-order valence-electron chi connectivity index (χ1n) is 8.35. The van der Waals surface area contributed by atoms with E-state index in [0.29, 0.717) is 11.6 Å². The van der Waals surface area contributed by atoms with Crippen molar-refractivity contribution < 1.29 is 4.79 Å². The van der Waals surface area contributed by atoms with Gasteiger partial charge in [-0.15, -0.1) is 0 Å². The second kappa shape index (κ2) is 6.07. The normalized spacial score (nSPS) is 15.8.